The van der Waals surface area contributed by atoms with Crippen LogP contribution in [0.3, 0.4) is 0 Å². The highest BCUT2D eigenvalue weighted by Crippen LogP contribution is 2.36. The van der Waals surface area contributed by atoms with E-state index in [4.69, 9.17) is 11.6 Å². The first kappa shape index (κ1) is 20.8. The standard InChI is InChI=1S/C18H13ClN4O4S2/c1-10-9-28-18(20-10)29-15-7-4-12(8-14(15)23(26)27)17(25)22-21-16(24)11-2-5-13(19)6-3-11/h2-9H,1H3,(H,21,24)(H,22,25). The van der Waals surface area contributed by atoms with Crippen LogP contribution in [0, 0.1) is 17.0 Å². The Labute approximate surface area is 178 Å². The Kier molecular flexibility index (Phi) is 6.47. The number of hydrogen-bond acceptors (Lipinski definition) is 7. The number of carbonyl (C=O) groups excluding carboxylic acids is 2. The van der Waals surface area contributed by atoms with Gasteiger partial charge in [-0.05, 0) is 43.3 Å². The molecule has 3 rings (SSSR count). The maximum atomic E-state index is 12.3. The minimum absolute atomic E-state index is 0.0350. The maximum absolute atomic E-state index is 12.3. The highest BCUT2D eigenvalue weighted by molar-refractivity contribution is 8.01. The van der Waals surface area contributed by atoms with Crippen LogP contribution in [0.15, 0.2) is 57.1 Å². The van der Waals surface area contributed by atoms with Crippen molar-refractivity contribution in [2.45, 2.75) is 16.2 Å². The predicted molar refractivity (Wildman–Crippen MR) is 110 cm³/mol. The van der Waals surface area contributed by atoms with Gasteiger partial charge < -0.3 is 0 Å². The molecule has 0 aliphatic carbocycles. The van der Waals surface area contributed by atoms with Crippen LogP contribution >= 0.6 is 34.7 Å². The van der Waals surface area contributed by atoms with Crippen molar-refractivity contribution in [2.75, 3.05) is 0 Å². The Morgan fingerprint density at radius 1 is 1.10 bits per heavy atom. The number of nitrogens with one attached hydrogen (secondary N) is 2. The molecule has 0 aliphatic rings. The van der Waals surface area contributed by atoms with E-state index in [-0.39, 0.29) is 11.3 Å². The van der Waals surface area contributed by atoms with Crippen LogP contribution in [0.1, 0.15) is 26.4 Å². The largest absolute Gasteiger partial charge is 0.284 e. The Balaban J connectivity index is 1.71. The molecule has 0 radical (unpaired) electrons. The third-order valence-electron chi connectivity index (χ3n) is 3.61. The zero-order chi connectivity index (χ0) is 21.0. The number of nitrogens with zero attached hydrogens (tertiary/aromatic N) is 2. The van der Waals surface area contributed by atoms with Gasteiger partial charge in [-0.3, -0.25) is 30.6 Å². The predicted octanol–water partition coefficient (Wildman–Crippen LogP) is 4.24. The van der Waals surface area contributed by atoms with Crippen LogP contribution in [0.25, 0.3) is 0 Å². The van der Waals surface area contributed by atoms with E-state index in [0.717, 1.165) is 23.5 Å². The molecule has 0 atom stereocenters. The molecule has 3 aromatic rings. The van der Waals surface area contributed by atoms with E-state index in [0.29, 0.717) is 19.8 Å². The first-order valence-corrected chi connectivity index (χ1v) is 10.2. The number of nitro benzene ring substituents is 1. The van der Waals surface area contributed by atoms with E-state index in [9.17, 15) is 19.7 Å². The van der Waals surface area contributed by atoms with Gasteiger partial charge in [0.15, 0.2) is 4.34 Å². The van der Waals surface area contributed by atoms with Crippen LogP contribution < -0.4 is 10.9 Å². The second-order valence-electron chi connectivity index (χ2n) is 5.71. The van der Waals surface area contributed by atoms with Crippen LogP contribution in [0.4, 0.5) is 5.69 Å². The summed E-state index contributed by atoms with van der Waals surface area (Å²) in [4.78, 5) is 39.8. The number of halogens is 1. The second-order valence-corrected chi connectivity index (χ2v) is 8.30. The molecule has 148 valence electrons. The molecule has 1 heterocycles. The van der Waals surface area contributed by atoms with Crippen molar-refractivity contribution in [1.82, 2.24) is 15.8 Å². The molecule has 11 heteroatoms. The summed E-state index contributed by atoms with van der Waals surface area (Å²) in [6.45, 7) is 1.83. The monoisotopic (exact) mass is 448 g/mol. The molecule has 2 N–H and O–H groups in total. The fraction of sp³-hybridized carbons (Fsp3) is 0.0556. The number of carbonyl (C=O) groups is 2. The van der Waals surface area contributed by atoms with Gasteiger partial charge in [-0.15, -0.1) is 11.3 Å². The first-order valence-electron chi connectivity index (χ1n) is 8.08. The fourth-order valence-corrected chi connectivity index (χ4v) is 4.22. The zero-order valence-electron chi connectivity index (χ0n) is 14.8. The van der Waals surface area contributed by atoms with Crippen molar-refractivity contribution in [3.05, 3.63) is 79.8 Å². The molecule has 0 aliphatic heterocycles. The van der Waals surface area contributed by atoms with Crippen molar-refractivity contribution >= 4 is 52.2 Å². The molecule has 2 aromatic carbocycles. The van der Waals surface area contributed by atoms with E-state index < -0.39 is 16.7 Å². The van der Waals surface area contributed by atoms with Gasteiger partial charge in [0.1, 0.15) is 0 Å². The van der Waals surface area contributed by atoms with Crippen molar-refractivity contribution in [3.63, 3.8) is 0 Å². The highest BCUT2D eigenvalue weighted by atomic mass is 35.5. The minimum atomic E-state index is -0.683. The van der Waals surface area contributed by atoms with Gasteiger partial charge in [0.25, 0.3) is 17.5 Å². The average molecular weight is 449 g/mol. The van der Waals surface area contributed by atoms with Crippen molar-refractivity contribution in [3.8, 4) is 0 Å². The molecule has 0 saturated heterocycles. The first-order chi connectivity index (χ1) is 13.8. The summed E-state index contributed by atoms with van der Waals surface area (Å²) in [5.41, 5.74) is 5.43. The summed E-state index contributed by atoms with van der Waals surface area (Å²) in [7, 11) is 0. The number of thiazole rings is 1. The van der Waals surface area contributed by atoms with Crippen molar-refractivity contribution < 1.29 is 14.5 Å². The maximum Gasteiger partial charge on any atom is 0.284 e. The summed E-state index contributed by atoms with van der Waals surface area (Å²) in [6, 6.07) is 10.2. The third kappa shape index (κ3) is 5.31. The second kappa shape index (κ2) is 9.03. The topological polar surface area (TPSA) is 114 Å². The number of nitro groups is 1. The summed E-state index contributed by atoms with van der Waals surface area (Å²) in [5.74, 6) is -1.23. The van der Waals surface area contributed by atoms with Gasteiger partial charge in [0, 0.05) is 33.3 Å². The zero-order valence-corrected chi connectivity index (χ0v) is 17.2. The van der Waals surface area contributed by atoms with Gasteiger partial charge in [0.05, 0.1) is 9.82 Å². The minimum Gasteiger partial charge on any atom is -0.267 e. The number of hydrogen-bond donors (Lipinski definition) is 2. The van der Waals surface area contributed by atoms with Gasteiger partial charge in [-0.2, -0.15) is 0 Å². The van der Waals surface area contributed by atoms with E-state index in [1.165, 1.54) is 35.6 Å². The van der Waals surface area contributed by atoms with Gasteiger partial charge >= 0.3 is 0 Å². The SMILES string of the molecule is Cc1csc(Sc2ccc(C(=O)NNC(=O)c3ccc(Cl)cc3)cc2[N+](=O)[O-])n1. The van der Waals surface area contributed by atoms with E-state index >= 15 is 0 Å². The van der Waals surface area contributed by atoms with Crippen molar-refractivity contribution in [2.24, 2.45) is 0 Å². The molecule has 8 nitrogen and oxygen atoms in total. The summed E-state index contributed by atoms with van der Waals surface area (Å²) < 4.78 is 0.665. The lowest BCUT2D eigenvalue weighted by atomic mass is 10.2. The quantitative estimate of drug-likeness (QED) is 0.445. The molecule has 0 saturated carbocycles. The Morgan fingerprint density at radius 2 is 1.72 bits per heavy atom. The summed E-state index contributed by atoms with van der Waals surface area (Å²) in [6.07, 6.45) is 0. The molecule has 29 heavy (non-hydrogen) atoms. The highest BCUT2D eigenvalue weighted by Gasteiger charge is 2.20. The summed E-state index contributed by atoms with van der Waals surface area (Å²) in [5, 5.41) is 13.8. The normalized spacial score (nSPS) is 10.4. The number of benzene rings is 2. The van der Waals surface area contributed by atoms with Crippen LogP contribution in [0.2, 0.25) is 5.02 Å². The molecule has 1 aromatic heterocycles. The van der Waals surface area contributed by atoms with E-state index in [1.54, 1.807) is 12.1 Å². The van der Waals surface area contributed by atoms with Crippen LogP contribution in [-0.2, 0) is 0 Å². The molecule has 0 unspecified atom stereocenters. The van der Waals surface area contributed by atoms with Crippen molar-refractivity contribution in [1.29, 1.82) is 0 Å². The van der Waals surface area contributed by atoms with E-state index in [1.807, 2.05) is 12.3 Å². The Bertz CT molecular complexity index is 1090. The molecule has 0 spiro atoms. The van der Waals surface area contributed by atoms with Gasteiger partial charge in [-0.25, -0.2) is 4.98 Å². The van der Waals surface area contributed by atoms with Crippen LogP contribution in [-0.4, -0.2) is 21.7 Å². The smallest absolute Gasteiger partial charge is 0.267 e. The Morgan fingerprint density at radius 3 is 2.31 bits per heavy atom. The lowest BCUT2D eigenvalue weighted by Crippen LogP contribution is -2.41. The lowest BCUT2D eigenvalue weighted by Gasteiger charge is -2.08. The van der Waals surface area contributed by atoms with E-state index in [2.05, 4.69) is 15.8 Å². The number of amides is 2. The number of hydrazine groups is 1. The molecule has 2 amide bonds. The molecular formula is C18H13ClN4O4S2. The third-order valence-corrected chi connectivity index (χ3v) is 5.98. The average Bonchev–Trinajstić information content (AvgIpc) is 3.11. The lowest BCUT2D eigenvalue weighted by molar-refractivity contribution is -0.387. The van der Waals surface area contributed by atoms with Crippen LogP contribution in [0.5, 0.6) is 0 Å². The molecule has 0 bridgehead atoms. The molecular weight excluding hydrogens is 436 g/mol. The van der Waals surface area contributed by atoms with Gasteiger partial charge in [-0.1, -0.05) is 23.4 Å². The number of aryl methyl sites for hydroxylation is 1. The number of rotatable bonds is 5. The Hall–Kier alpha value is -2.95. The number of aromatic nitrogens is 1. The van der Waals surface area contributed by atoms with Gasteiger partial charge in [0.2, 0.25) is 0 Å². The fourth-order valence-electron chi connectivity index (χ4n) is 2.22. The summed E-state index contributed by atoms with van der Waals surface area (Å²) >= 11 is 8.30. The molecule has 0 fully saturated rings.